The second-order valence-corrected chi connectivity index (χ2v) is 4.33. The van der Waals surface area contributed by atoms with Gasteiger partial charge >= 0.3 is 0 Å². The predicted molar refractivity (Wildman–Crippen MR) is 53.1 cm³/mol. The molecule has 1 aliphatic carbocycles. The average molecular weight is 226 g/mol. The van der Waals surface area contributed by atoms with E-state index in [1.807, 2.05) is 12.3 Å². The molecule has 0 aromatic carbocycles. The van der Waals surface area contributed by atoms with Crippen molar-refractivity contribution < 1.29 is 0 Å². The highest BCUT2D eigenvalue weighted by molar-refractivity contribution is 9.10. The normalized spacial score (nSPS) is 27.2. The molecule has 1 aromatic heterocycles. The molecule has 0 saturated heterocycles. The molecular formula is C10H12BrN. The summed E-state index contributed by atoms with van der Waals surface area (Å²) in [7, 11) is 0. The fourth-order valence-electron chi connectivity index (χ4n) is 1.68. The third-order valence-electron chi connectivity index (χ3n) is 2.57. The van der Waals surface area contributed by atoms with Crippen LogP contribution in [0.25, 0.3) is 0 Å². The van der Waals surface area contributed by atoms with Crippen LogP contribution in [-0.4, -0.2) is 4.98 Å². The second-order valence-electron chi connectivity index (χ2n) is 3.41. The zero-order chi connectivity index (χ0) is 8.55. The van der Waals surface area contributed by atoms with Crippen molar-refractivity contribution in [2.45, 2.75) is 25.7 Å². The highest BCUT2D eigenvalue weighted by atomic mass is 79.9. The molecule has 2 atom stereocenters. The molecule has 2 rings (SSSR count). The topological polar surface area (TPSA) is 12.9 Å². The molecule has 12 heavy (non-hydrogen) atoms. The lowest BCUT2D eigenvalue weighted by molar-refractivity contribution is 0.756. The minimum atomic E-state index is 0.743. The number of nitrogens with zero attached hydrogens (tertiary/aromatic N) is 1. The summed E-state index contributed by atoms with van der Waals surface area (Å²) < 4.78 is 1.15. The average Bonchev–Trinajstić information content (AvgIpc) is 2.83. The van der Waals surface area contributed by atoms with Crippen LogP contribution in [0, 0.1) is 5.92 Å². The highest BCUT2D eigenvalue weighted by Crippen LogP contribution is 2.48. The largest absolute Gasteiger partial charge is 0.261 e. The van der Waals surface area contributed by atoms with Crippen molar-refractivity contribution in [3.05, 3.63) is 28.5 Å². The molecule has 1 aliphatic rings. The van der Waals surface area contributed by atoms with Crippen molar-refractivity contribution in [1.82, 2.24) is 4.98 Å². The van der Waals surface area contributed by atoms with Crippen LogP contribution < -0.4 is 0 Å². The first-order chi connectivity index (χ1) is 5.81. The molecule has 1 fully saturated rings. The number of hydrogen-bond donors (Lipinski definition) is 0. The monoisotopic (exact) mass is 225 g/mol. The zero-order valence-corrected chi connectivity index (χ0v) is 8.71. The van der Waals surface area contributed by atoms with Gasteiger partial charge in [-0.15, -0.1) is 0 Å². The van der Waals surface area contributed by atoms with Gasteiger partial charge in [-0.3, -0.25) is 4.98 Å². The molecule has 1 heterocycles. The Balaban J connectivity index is 2.14. The molecule has 1 aromatic rings. The number of hydrogen-bond acceptors (Lipinski definition) is 1. The Bertz CT molecular complexity index is 285. The van der Waals surface area contributed by atoms with E-state index >= 15 is 0 Å². The van der Waals surface area contributed by atoms with Gasteiger partial charge in [0.1, 0.15) is 0 Å². The van der Waals surface area contributed by atoms with Gasteiger partial charge in [-0.25, -0.2) is 0 Å². The molecule has 64 valence electrons. The van der Waals surface area contributed by atoms with Crippen molar-refractivity contribution in [3.8, 4) is 0 Å². The number of aromatic nitrogens is 1. The van der Waals surface area contributed by atoms with E-state index in [4.69, 9.17) is 0 Å². The number of pyridine rings is 1. The molecule has 0 N–H and O–H groups in total. The quantitative estimate of drug-likeness (QED) is 0.753. The van der Waals surface area contributed by atoms with E-state index in [2.05, 4.69) is 33.9 Å². The lowest BCUT2D eigenvalue weighted by Crippen LogP contribution is -1.86. The van der Waals surface area contributed by atoms with E-state index in [0.29, 0.717) is 0 Å². The van der Waals surface area contributed by atoms with Crippen LogP contribution in [0.2, 0.25) is 0 Å². The Morgan fingerprint density at radius 1 is 1.67 bits per heavy atom. The van der Waals surface area contributed by atoms with Crippen molar-refractivity contribution in [2.24, 2.45) is 5.92 Å². The maximum atomic E-state index is 4.37. The molecule has 0 spiro atoms. The summed E-state index contributed by atoms with van der Waals surface area (Å²) in [6.07, 6.45) is 4.50. The SMILES string of the molecule is CCC1CC1c1cc(Br)ccn1. The Labute approximate surface area is 81.3 Å². The van der Waals surface area contributed by atoms with Crippen molar-refractivity contribution >= 4 is 15.9 Å². The van der Waals surface area contributed by atoms with Gasteiger partial charge in [0.15, 0.2) is 0 Å². The van der Waals surface area contributed by atoms with Crippen LogP contribution >= 0.6 is 15.9 Å². The molecule has 0 radical (unpaired) electrons. The van der Waals surface area contributed by atoms with Crippen molar-refractivity contribution in [3.63, 3.8) is 0 Å². The fourth-order valence-corrected chi connectivity index (χ4v) is 2.04. The lowest BCUT2D eigenvalue weighted by Gasteiger charge is -1.97. The third kappa shape index (κ3) is 1.53. The van der Waals surface area contributed by atoms with Gasteiger partial charge in [-0.05, 0) is 24.5 Å². The van der Waals surface area contributed by atoms with Gasteiger partial charge in [0.25, 0.3) is 0 Å². The zero-order valence-electron chi connectivity index (χ0n) is 7.13. The van der Waals surface area contributed by atoms with Gasteiger partial charge in [-0.1, -0.05) is 29.3 Å². The second kappa shape index (κ2) is 3.17. The van der Waals surface area contributed by atoms with Crippen LogP contribution in [0.1, 0.15) is 31.4 Å². The molecule has 0 amide bonds. The summed E-state index contributed by atoms with van der Waals surface area (Å²) in [5.41, 5.74) is 1.26. The maximum Gasteiger partial charge on any atom is 0.0448 e. The number of rotatable bonds is 2. The minimum absolute atomic E-state index is 0.743. The molecule has 1 saturated carbocycles. The first kappa shape index (κ1) is 8.24. The number of halogens is 1. The van der Waals surface area contributed by atoms with E-state index in [0.717, 1.165) is 16.3 Å². The first-order valence-corrected chi connectivity index (χ1v) is 5.22. The van der Waals surface area contributed by atoms with E-state index in [-0.39, 0.29) is 0 Å². The summed E-state index contributed by atoms with van der Waals surface area (Å²) >= 11 is 3.46. The van der Waals surface area contributed by atoms with E-state index in [9.17, 15) is 0 Å². The summed E-state index contributed by atoms with van der Waals surface area (Å²) in [6, 6.07) is 4.12. The van der Waals surface area contributed by atoms with Crippen molar-refractivity contribution in [1.29, 1.82) is 0 Å². The molecule has 0 bridgehead atoms. The highest BCUT2D eigenvalue weighted by Gasteiger charge is 2.37. The van der Waals surface area contributed by atoms with Crippen LogP contribution in [-0.2, 0) is 0 Å². The first-order valence-electron chi connectivity index (χ1n) is 4.42. The van der Waals surface area contributed by atoms with Crippen LogP contribution in [0.15, 0.2) is 22.8 Å². The molecule has 2 heteroatoms. The molecule has 1 nitrogen and oxygen atoms in total. The summed E-state index contributed by atoms with van der Waals surface area (Å²) in [5.74, 6) is 1.64. The van der Waals surface area contributed by atoms with Crippen molar-refractivity contribution in [2.75, 3.05) is 0 Å². The van der Waals surface area contributed by atoms with Crippen LogP contribution in [0.4, 0.5) is 0 Å². The van der Waals surface area contributed by atoms with Crippen LogP contribution in [0.5, 0.6) is 0 Å². The standard InChI is InChI=1S/C10H12BrN/c1-2-7-5-9(7)10-6-8(11)3-4-12-10/h3-4,6-7,9H,2,5H2,1H3. The Hall–Kier alpha value is -0.370. The van der Waals surface area contributed by atoms with Gasteiger partial charge in [0.05, 0.1) is 0 Å². The molecule has 0 aliphatic heterocycles. The lowest BCUT2D eigenvalue weighted by atomic mass is 10.2. The van der Waals surface area contributed by atoms with Gasteiger partial charge in [0, 0.05) is 22.3 Å². The summed E-state index contributed by atoms with van der Waals surface area (Å²) in [6.45, 7) is 2.25. The fraction of sp³-hybridized carbons (Fsp3) is 0.500. The summed E-state index contributed by atoms with van der Waals surface area (Å²) in [4.78, 5) is 4.37. The van der Waals surface area contributed by atoms with Gasteiger partial charge < -0.3 is 0 Å². The van der Waals surface area contributed by atoms with E-state index < -0.39 is 0 Å². The minimum Gasteiger partial charge on any atom is -0.261 e. The Morgan fingerprint density at radius 2 is 2.50 bits per heavy atom. The summed E-state index contributed by atoms with van der Waals surface area (Å²) in [5, 5.41) is 0. The Kier molecular flexibility index (Phi) is 2.18. The van der Waals surface area contributed by atoms with Gasteiger partial charge in [0.2, 0.25) is 0 Å². The van der Waals surface area contributed by atoms with Crippen LogP contribution in [0.3, 0.4) is 0 Å². The predicted octanol–water partition coefficient (Wildman–Crippen LogP) is 3.36. The smallest absolute Gasteiger partial charge is 0.0448 e. The van der Waals surface area contributed by atoms with E-state index in [1.165, 1.54) is 18.5 Å². The maximum absolute atomic E-state index is 4.37. The molecular weight excluding hydrogens is 214 g/mol. The van der Waals surface area contributed by atoms with Gasteiger partial charge in [-0.2, -0.15) is 0 Å². The Morgan fingerprint density at radius 3 is 3.08 bits per heavy atom. The van der Waals surface area contributed by atoms with E-state index in [1.54, 1.807) is 0 Å². The third-order valence-corrected chi connectivity index (χ3v) is 3.06. The molecule has 2 unspecified atom stereocenters.